The number of benzene rings is 2. The lowest BCUT2D eigenvalue weighted by molar-refractivity contribution is 0.0693. The van der Waals surface area contributed by atoms with Crippen molar-refractivity contribution in [2.24, 2.45) is 0 Å². The van der Waals surface area contributed by atoms with Gasteiger partial charge in [-0.25, -0.2) is 4.79 Å². The number of ether oxygens (including phenoxy) is 1. The van der Waals surface area contributed by atoms with Crippen molar-refractivity contribution in [3.8, 4) is 5.75 Å². The van der Waals surface area contributed by atoms with E-state index in [9.17, 15) is 9.90 Å². The SMILES string of the molecule is COc1ccccc1CSc1cc(Cl)ccc1C(=O)O. The molecule has 0 spiro atoms. The Balaban J connectivity index is 2.22. The summed E-state index contributed by atoms with van der Waals surface area (Å²) < 4.78 is 5.28. The predicted molar refractivity (Wildman–Crippen MR) is 81.0 cm³/mol. The van der Waals surface area contributed by atoms with Crippen LogP contribution in [0.1, 0.15) is 15.9 Å². The lowest BCUT2D eigenvalue weighted by atomic mass is 10.2. The Morgan fingerprint density at radius 3 is 2.75 bits per heavy atom. The average Bonchev–Trinajstić information content (AvgIpc) is 2.45. The Kier molecular flexibility index (Phi) is 4.93. The molecule has 0 aromatic heterocycles. The number of hydrogen-bond donors (Lipinski definition) is 1. The van der Waals surface area contributed by atoms with Gasteiger partial charge in [0.25, 0.3) is 0 Å². The molecule has 20 heavy (non-hydrogen) atoms. The Hall–Kier alpha value is -1.65. The summed E-state index contributed by atoms with van der Waals surface area (Å²) in [6.45, 7) is 0. The van der Waals surface area contributed by atoms with E-state index in [0.717, 1.165) is 11.3 Å². The second-order valence-corrected chi connectivity index (χ2v) is 5.50. The summed E-state index contributed by atoms with van der Waals surface area (Å²) in [5, 5.41) is 9.70. The third-order valence-corrected chi connectivity index (χ3v) is 4.09. The first-order chi connectivity index (χ1) is 9.61. The zero-order valence-corrected chi connectivity index (χ0v) is 12.4. The van der Waals surface area contributed by atoms with Crippen LogP contribution in [0.2, 0.25) is 5.02 Å². The smallest absolute Gasteiger partial charge is 0.336 e. The largest absolute Gasteiger partial charge is 0.496 e. The predicted octanol–water partition coefficient (Wildman–Crippen LogP) is 4.34. The lowest BCUT2D eigenvalue weighted by Gasteiger charge is -2.09. The fourth-order valence-electron chi connectivity index (χ4n) is 1.77. The number of aromatic carboxylic acids is 1. The normalized spacial score (nSPS) is 10.3. The van der Waals surface area contributed by atoms with Gasteiger partial charge in [0.05, 0.1) is 12.7 Å². The fourth-order valence-corrected chi connectivity index (χ4v) is 3.08. The average molecular weight is 309 g/mol. The van der Waals surface area contributed by atoms with Crippen LogP contribution in [0.15, 0.2) is 47.4 Å². The molecule has 3 nitrogen and oxygen atoms in total. The van der Waals surface area contributed by atoms with Gasteiger partial charge in [-0.3, -0.25) is 0 Å². The lowest BCUT2D eigenvalue weighted by Crippen LogP contribution is -1.99. The van der Waals surface area contributed by atoms with E-state index in [-0.39, 0.29) is 5.56 Å². The molecule has 0 aliphatic rings. The molecule has 0 saturated heterocycles. The van der Waals surface area contributed by atoms with Gasteiger partial charge >= 0.3 is 5.97 Å². The number of carboxylic acid groups (broad SMARTS) is 1. The monoisotopic (exact) mass is 308 g/mol. The minimum Gasteiger partial charge on any atom is -0.496 e. The summed E-state index contributed by atoms with van der Waals surface area (Å²) in [7, 11) is 1.62. The number of rotatable bonds is 5. The molecule has 0 fully saturated rings. The highest BCUT2D eigenvalue weighted by molar-refractivity contribution is 7.98. The first-order valence-electron chi connectivity index (χ1n) is 5.89. The van der Waals surface area contributed by atoms with Gasteiger partial charge in [0.2, 0.25) is 0 Å². The number of halogens is 1. The van der Waals surface area contributed by atoms with Crippen molar-refractivity contribution in [3.63, 3.8) is 0 Å². The van der Waals surface area contributed by atoms with E-state index in [4.69, 9.17) is 16.3 Å². The van der Waals surface area contributed by atoms with E-state index in [2.05, 4.69) is 0 Å². The van der Waals surface area contributed by atoms with E-state index in [1.54, 1.807) is 19.2 Å². The molecule has 0 atom stereocenters. The number of para-hydroxylation sites is 1. The van der Waals surface area contributed by atoms with Crippen LogP contribution >= 0.6 is 23.4 Å². The maximum absolute atomic E-state index is 11.2. The molecule has 2 rings (SSSR count). The quantitative estimate of drug-likeness (QED) is 0.835. The van der Waals surface area contributed by atoms with Gasteiger partial charge in [-0.2, -0.15) is 0 Å². The van der Waals surface area contributed by atoms with Crippen molar-refractivity contribution in [1.29, 1.82) is 0 Å². The number of methoxy groups -OCH3 is 1. The van der Waals surface area contributed by atoms with Crippen LogP contribution in [0.3, 0.4) is 0 Å². The summed E-state index contributed by atoms with van der Waals surface area (Å²) in [4.78, 5) is 11.8. The Morgan fingerprint density at radius 2 is 2.05 bits per heavy atom. The molecular weight excluding hydrogens is 296 g/mol. The highest BCUT2D eigenvalue weighted by atomic mass is 35.5. The van der Waals surface area contributed by atoms with Crippen LogP contribution in [-0.2, 0) is 5.75 Å². The van der Waals surface area contributed by atoms with Gasteiger partial charge in [-0.1, -0.05) is 29.8 Å². The molecule has 0 aliphatic carbocycles. The van der Waals surface area contributed by atoms with Gasteiger partial charge in [0.15, 0.2) is 0 Å². The minimum atomic E-state index is -0.954. The molecular formula is C15H13ClO3S. The zero-order valence-electron chi connectivity index (χ0n) is 10.8. The van der Waals surface area contributed by atoms with Gasteiger partial charge in [0.1, 0.15) is 5.75 Å². The molecule has 2 aromatic carbocycles. The Morgan fingerprint density at radius 1 is 1.30 bits per heavy atom. The van der Waals surface area contributed by atoms with Crippen LogP contribution < -0.4 is 4.74 Å². The molecule has 0 bridgehead atoms. The minimum absolute atomic E-state index is 0.259. The molecule has 2 aromatic rings. The van der Waals surface area contributed by atoms with Crippen molar-refractivity contribution < 1.29 is 14.6 Å². The first kappa shape index (κ1) is 14.8. The van der Waals surface area contributed by atoms with Crippen molar-refractivity contribution in [2.45, 2.75) is 10.6 Å². The first-order valence-corrected chi connectivity index (χ1v) is 7.25. The zero-order chi connectivity index (χ0) is 14.5. The molecule has 1 N–H and O–H groups in total. The van der Waals surface area contributed by atoms with Crippen molar-refractivity contribution in [1.82, 2.24) is 0 Å². The standard InChI is InChI=1S/C15H13ClO3S/c1-19-13-5-3-2-4-10(13)9-20-14-8-11(16)6-7-12(14)15(17)18/h2-8H,9H2,1H3,(H,17,18). The van der Waals surface area contributed by atoms with Crippen LogP contribution in [0.5, 0.6) is 5.75 Å². The highest BCUT2D eigenvalue weighted by Gasteiger charge is 2.12. The Bertz CT molecular complexity index is 628. The van der Waals surface area contributed by atoms with Crippen molar-refractivity contribution >= 4 is 29.3 Å². The number of carbonyl (C=O) groups is 1. The maximum atomic E-state index is 11.2. The van der Waals surface area contributed by atoms with Gasteiger partial charge in [-0.05, 0) is 24.3 Å². The number of thioether (sulfide) groups is 1. The van der Waals surface area contributed by atoms with Crippen LogP contribution in [0.25, 0.3) is 0 Å². The Labute approximate surface area is 126 Å². The summed E-state index contributed by atoms with van der Waals surface area (Å²) in [6, 6.07) is 12.4. The van der Waals surface area contributed by atoms with E-state index >= 15 is 0 Å². The summed E-state index contributed by atoms with van der Waals surface area (Å²) in [6.07, 6.45) is 0. The second-order valence-electron chi connectivity index (χ2n) is 4.05. The molecule has 0 amide bonds. The van der Waals surface area contributed by atoms with Crippen LogP contribution in [0, 0.1) is 0 Å². The summed E-state index contributed by atoms with van der Waals surface area (Å²) >= 11 is 7.36. The molecule has 0 radical (unpaired) electrons. The van der Waals surface area contributed by atoms with E-state index in [0.29, 0.717) is 15.7 Å². The topological polar surface area (TPSA) is 46.5 Å². The van der Waals surface area contributed by atoms with Crippen LogP contribution in [-0.4, -0.2) is 18.2 Å². The van der Waals surface area contributed by atoms with Gasteiger partial charge in [-0.15, -0.1) is 11.8 Å². The van der Waals surface area contributed by atoms with E-state index in [1.165, 1.54) is 17.8 Å². The third-order valence-electron chi connectivity index (χ3n) is 2.75. The highest BCUT2D eigenvalue weighted by Crippen LogP contribution is 2.31. The molecule has 5 heteroatoms. The number of hydrogen-bond acceptors (Lipinski definition) is 3. The summed E-state index contributed by atoms with van der Waals surface area (Å²) in [5.74, 6) is 0.452. The van der Waals surface area contributed by atoms with Gasteiger partial charge in [0, 0.05) is 21.2 Å². The molecule has 0 unspecified atom stereocenters. The van der Waals surface area contributed by atoms with Crippen LogP contribution in [0.4, 0.5) is 0 Å². The van der Waals surface area contributed by atoms with E-state index < -0.39 is 5.97 Å². The molecule has 104 valence electrons. The second kappa shape index (κ2) is 6.68. The van der Waals surface area contributed by atoms with Gasteiger partial charge < -0.3 is 9.84 Å². The third kappa shape index (κ3) is 3.46. The molecule has 0 aliphatic heterocycles. The number of carboxylic acids is 1. The van der Waals surface area contributed by atoms with E-state index in [1.807, 2.05) is 24.3 Å². The maximum Gasteiger partial charge on any atom is 0.336 e. The van der Waals surface area contributed by atoms with Crippen molar-refractivity contribution in [2.75, 3.05) is 7.11 Å². The van der Waals surface area contributed by atoms with Crippen molar-refractivity contribution in [3.05, 3.63) is 58.6 Å². The summed E-state index contributed by atoms with van der Waals surface area (Å²) in [5.41, 5.74) is 1.27. The molecule has 0 saturated carbocycles. The fraction of sp³-hybridized carbons (Fsp3) is 0.133. The molecule has 0 heterocycles.